The Balaban J connectivity index is 1.76. The highest BCUT2D eigenvalue weighted by Crippen LogP contribution is 2.38. The number of nitrogens with zero attached hydrogens (tertiary/aromatic N) is 1. The fraction of sp³-hybridized carbons (Fsp3) is 0.385. The second-order valence-electron chi connectivity index (χ2n) is 7.74. The van der Waals surface area contributed by atoms with Crippen LogP contribution in [0.3, 0.4) is 0 Å². The zero-order valence-corrected chi connectivity index (χ0v) is 19.2. The Labute approximate surface area is 189 Å². The van der Waals surface area contributed by atoms with E-state index in [1.165, 1.54) is 35.9 Å². The van der Waals surface area contributed by atoms with Crippen molar-refractivity contribution in [2.45, 2.75) is 51.2 Å². The van der Waals surface area contributed by atoms with Crippen molar-refractivity contribution in [3.8, 4) is 5.75 Å². The minimum Gasteiger partial charge on any atom is -0.497 e. The van der Waals surface area contributed by atoms with Crippen LogP contribution in [0.15, 0.2) is 59.5 Å². The molecule has 3 rings (SSSR count). The number of carbonyl (C=O) groups excluding carboxylic acids is 2. The van der Waals surface area contributed by atoms with Crippen molar-refractivity contribution in [1.29, 1.82) is 0 Å². The van der Waals surface area contributed by atoms with Gasteiger partial charge in [-0.25, -0.2) is 0 Å². The van der Waals surface area contributed by atoms with E-state index < -0.39 is 0 Å². The van der Waals surface area contributed by atoms with Crippen molar-refractivity contribution < 1.29 is 14.3 Å². The molecule has 0 saturated heterocycles. The van der Waals surface area contributed by atoms with E-state index in [0.29, 0.717) is 22.8 Å². The van der Waals surface area contributed by atoms with Gasteiger partial charge >= 0.3 is 0 Å². The van der Waals surface area contributed by atoms with Crippen LogP contribution < -0.4 is 4.74 Å². The summed E-state index contributed by atoms with van der Waals surface area (Å²) in [5.41, 5.74) is 2.41. The molecule has 4 nitrogen and oxygen atoms in total. The summed E-state index contributed by atoms with van der Waals surface area (Å²) in [6.45, 7) is 2.68. The first kappa shape index (κ1) is 23.1. The number of amides is 2. The van der Waals surface area contributed by atoms with E-state index in [4.69, 9.17) is 4.74 Å². The Kier molecular flexibility index (Phi) is 8.77. The van der Waals surface area contributed by atoms with Gasteiger partial charge < -0.3 is 4.74 Å². The van der Waals surface area contributed by atoms with Crippen LogP contribution in [0.4, 0.5) is 0 Å². The van der Waals surface area contributed by atoms with E-state index in [0.717, 1.165) is 36.1 Å². The molecule has 0 saturated carbocycles. The van der Waals surface area contributed by atoms with Crippen molar-refractivity contribution in [3.63, 3.8) is 0 Å². The molecule has 2 amide bonds. The van der Waals surface area contributed by atoms with Crippen LogP contribution in [0.2, 0.25) is 0 Å². The highest BCUT2D eigenvalue weighted by atomic mass is 32.2. The van der Waals surface area contributed by atoms with Crippen LogP contribution in [0.25, 0.3) is 5.57 Å². The van der Waals surface area contributed by atoms with Crippen LogP contribution >= 0.6 is 11.8 Å². The molecule has 0 radical (unpaired) electrons. The number of rotatable bonds is 12. The summed E-state index contributed by atoms with van der Waals surface area (Å²) in [5, 5.41) is 0. The predicted octanol–water partition coefficient (Wildman–Crippen LogP) is 6.07. The Bertz CT molecular complexity index is 906. The van der Waals surface area contributed by atoms with E-state index in [1.54, 1.807) is 7.11 Å². The summed E-state index contributed by atoms with van der Waals surface area (Å²) in [7, 11) is 1.61. The molecular formula is C26H31NO3S. The largest absolute Gasteiger partial charge is 0.497 e. The Morgan fingerprint density at radius 1 is 0.839 bits per heavy atom. The number of carbonyl (C=O) groups is 2. The summed E-state index contributed by atoms with van der Waals surface area (Å²) in [6.07, 6.45) is 6.71. The summed E-state index contributed by atoms with van der Waals surface area (Å²) in [6, 6.07) is 17.4. The molecule has 0 aliphatic carbocycles. The van der Waals surface area contributed by atoms with Gasteiger partial charge in [0.25, 0.3) is 11.8 Å². The molecule has 0 fully saturated rings. The highest BCUT2D eigenvalue weighted by molar-refractivity contribution is 8.03. The van der Waals surface area contributed by atoms with Gasteiger partial charge in [0, 0.05) is 12.3 Å². The standard InChI is InChI=1S/C26H31NO3S/c1-3-4-5-6-7-11-18-27-25(28)23(21-14-16-22(30-2)17-15-21)24(26(27)29)31-19-20-12-9-8-10-13-20/h8-10,12-17H,3-7,11,18-19H2,1-2H3. The van der Waals surface area contributed by atoms with Gasteiger partial charge in [0.15, 0.2) is 0 Å². The maximum atomic E-state index is 13.3. The Hall–Kier alpha value is -2.53. The van der Waals surface area contributed by atoms with Gasteiger partial charge in [0.1, 0.15) is 5.75 Å². The van der Waals surface area contributed by atoms with Crippen LogP contribution in [-0.4, -0.2) is 30.4 Å². The van der Waals surface area contributed by atoms with Crippen molar-refractivity contribution in [1.82, 2.24) is 4.90 Å². The SMILES string of the molecule is CCCCCCCCN1C(=O)C(SCc2ccccc2)=C(c2ccc(OC)cc2)C1=O. The number of hydrogen-bond acceptors (Lipinski definition) is 4. The maximum Gasteiger partial charge on any atom is 0.267 e. The van der Waals surface area contributed by atoms with E-state index in [-0.39, 0.29) is 11.8 Å². The third kappa shape index (κ3) is 6.01. The third-order valence-corrected chi connectivity index (χ3v) is 6.61. The van der Waals surface area contributed by atoms with Crippen LogP contribution in [-0.2, 0) is 15.3 Å². The summed E-state index contributed by atoms with van der Waals surface area (Å²) < 4.78 is 5.24. The number of ether oxygens (including phenoxy) is 1. The molecule has 5 heteroatoms. The number of unbranched alkanes of at least 4 members (excludes halogenated alkanes) is 5. The molecular weight excluding hydrogens is 406 g/mol. The minimum absolute atomic E-state index is 0.162. The molecule has 0 bridgehead atoms. The first-order chi connectivity index (χ1) is 15.2. The normalized spacial score (nSPS) is 13.9. The lowest BCUT2D eigenvalue weighted by atomic mass is 10.1. The number of thioether (sulfide) groups is 1. The van der Waals surface area contributed by atoms with Crippen molar-refractivity contribution in [3.05, 3.63) is 70.6 Å². The van der Waals surface area contributed by atoms with Gasteiger partial charge in [-0.2, -0.15) is 0 Å². The molecule has 0 spiro atoms. The summed E-state index contributed by atoms with van der Waals surface area (Å²) in [4.78, 5) is 28.5. The quantitative estimate of drug-likeness (QED) is 0.299. The van der Waals surface area contributed by atoms with E-state index >= 15 is 0 Å². The molecule has 2 aromatic carbocycles. The van der Waals surface area contributed by atoms with Gasteiger partial charge in [-0.15, -0.1) is 11.8 Å². The van der Waals surface area contributed by atoms with E-state index in [9.17, 15) is 9.59 Å². The fourth-order valence-corrected chi connectivity index (χ4v) is 4.77. The fourth-order valence-electron chi connectivity index (χ4n) is 3.68. The Morgan fingerprint density at radius 3 is 2.19 bits per heavy atom. The molecule has 0 atom stereocenters. The van der Waals surface area contributed by atoms with Crippen molar-refractivity contribution in [2.24, 2.45) is 0 Å². The molecule has 0 aromatic heterocycles. The zero-order chi connectivity index (χ0) is 22.1. The summed E-state index contributed by atoms with van der Waals surface area (Å²) >= 11 is 1.45. The van der Waals surface area contributed by atoms with Gasteiger partial charge in [0.05, 0.1) is 17.6 Å². The third-order valence-electron chi connectivity index (χ3n) is 5.47. The van der Waals surface area contributed by atoms with Gasteiger partial charge in [0.2, 0.25) is 0 Å². The lowest BCUT2D eigenvalue weighted by molar-refractivity contribution is -0.136. The molecule has 1 aliphatic heterocycles. The van der Waals surface area contributed by atoms with E-state index in [2.05, 4.69) is 6.92 Å². The average Bonchev–Trinajstić information content (AvgIpc) is 3.04. The lowest BCUT2D eigenvalue weighted by Crippen LogP contribution is -2.32. The minimum atomic E-state index is -0.181. The first-order valence-electron chi connectivity index (χ1n) is 11.1. The number of methoxy groups -OCH3 is 1. The summed E-state index contributed by atoms with van der Waals surface area (Å²) in [5.74, 6) is 1.04. The van der Waals surface area contributed by atoms with Crippen LogP contribution in [0.5, 0.6) is 5.75 Å². The van der Waals surface area contributed by atoms with Crippen LogP contribution in [0, 0.1) is 0 Å². The smallest absolute Gasteiger partial charge is 0.267 e. The average molecular weight is 438 g/mol. The number of benzene rings is 2. The molecule has 31 heavy (non-hydrogen) atoms. The molecule has 1 heterocycles. The predicted molar refractivity (Wildman–Crippen MR) is 128 cm³/mol. The lowest BCUT2D eigenvalue weighted by Gasteiger charge is -2.15. The van der Waals surface area contributed by atoms with Gasteiger partial charge in [-0.1, -0.05) is 81.5 Å². The molecule has 0 unspecified atom stereocenters. The van der Waals surface area contributed by atoms with Crippen molar-refractivity contribution >= 4 is 29.1 Å². The van der Waals surface area contributed by atoms with Crippen molar-refractivity contribution in [2.75, 3.05) is 13.7 Å². The number of hydrogen-bond donors (Lipinski definition) is 0. The van der Waals surface area contributed by atoms with Crippen LogP contribution in [0.1, 0.15) is 56.6 Å². The first-order valence-corrected chi connectivity index (χ1v) is 12.1. The topological polar surface area (TPSA) is 46.6 Å². The second-order valence-corrected chi connectivity index (χ2v) is 8.72. The second kappa shape index (κ2) is 11.8. The highest BCUT2D eigenvalue weighted by Gasteiger charge is 2.38. The molecule has 0 N–H and O–H groups in total. The van der Waals surface area contributed by atoms with Gasteiger partial charge in [-0.3, -0.25) is 14.5 Å². The Morgan fingerprint density at radius 2 is 1.52 bits per heavy atom. The monoisotopic (exact) mass is 437 g/mol. The maximum absolute atomic E-state index is 13.3. The number of imide groups is 1. The van der Waals surface area contributed by atoms with E-state index in [1.807, 2.05) is 54.6 Å². The molecule has 2 aromatic rings. The van der Waals surface area contributed by atoms with Gasteiger partial charge in [-0.05, 0) is 29.7 Å². The molecule has 164 valence electrons. The zero-order valence-electron chi connectivity index (χ0n) is 18.4. The molecule has 1 aliphatic rings.